The summed E-state index contributed by atoms with van der Waals surface area (Å²) in [5.41, 5.74) is 0. The second-order valence-corrected chi connectivity index (χ2v) is 5.00. The van der Waals surface area contributed by atoms with Gasteiger partial charge in [-0.25, -0.2) is 0 Å². The van der Waals surface area contributed by atoms with Gasteiger partial charge in [0.2, 0.25) is 5.91 Å². The Morgan fingerprint density at radius 3 is 2.94 bits per heavy atom. The van der Waals surface area contributed by atoms with E-state index in [0.717, 1.165) is 19.5 Å². The number of likely N-dealkylation sites (tertiary alicyclic amines) is 1. The lowest BCUT2D eigenvalue weighted by atomic mass is 9.96. The van der Waals surface area contributed by atoms with Gasteiger partial charge in [0, 0.05) is 27.2 Å². The summed E-state index contributed by atoms with van der Waals surface area (Å²) in [5.74, 6) is 0.632. The molecule has 1 amide bonds. The Labute approximate surface area is 109 Å². The van der Waals surface area contributed by atoms with Crippen LogP contribution >= 0.6 is 0 Å². The molecule has 1 fully saturated rings. The molecule has 0 radical (unpaired) electrons. The molecule has 2 unspecified atom stereocenters. The molecular weight excluding hydrogens is 230 g/mol. The highest BCUT2D eigenvalue weighted by molar-refractivity contribution is 5.78. The second-order valence-electron chi connectivity index (χ2n) is 5.00. The van der Waals surface area contributed by atoms with E-state index in [0.29, 0.717) is 25.4 Å². The van der Waals surface area contributed by atoms with E-state index >= 15 is 0 Å². The number of likely N-dealkylation sites (N-methyl/N-ethyl adjacent to an activating group) is 1. The first kappa shape index (κ1) is 14.9. The molecule has 1 heterocycles. The Balaban J connectivity index is 2.38. The predicted octanol–water partition coefficient (Wildman–Crippen LogP) is 0.715. The van der Waals surface area contributed by atoms with Crippen molar-refractivity contribution in [3.8, 4) is 6.07 Å². The van der Waals surface area contributed by atoms with E-state index in [9.17, 15) is 4.79 Å². The summed E-state index contributed by atoms with van der Waals surface area (Å²) in [5, 5.41) is 8.50. The minimum atomic E-state index is 0.0784. The number of rotatable bonds is 5. The van der Waals surface area contributed by atoms with Gasteiger partial charge >= 0.3 is 0 Å². The van der Waals surface area contributed by atoms with Gasteiger partial charge in [0.05, 0.1) is 25.1 Å². The zero-order chi connectivity index (χ0) is 13.5. The predicted molar refractivity (Wildman–Crippen MR) is 68.9 cm³/mol. The lowest BCUT2D eigenvalue weighted by Crippen LogP contribution is -2.48. The van der Waals surface area contributed by atoms with Crippen molar-refractivity contribution < 1.29 is 9.53 Å². The van der Waals surface area contributed by atoms with Crippen molar-refractivity contribution in [2.24, 2.45) is 5.92 Å². The first-order chi connectivity index (χ1) is 8.58. The Kier molecular flexibility index (Phi) is 6.10. The van der Waals surface area contributed by atoms with Gasteiger partial charge in [-0.1, -0.05) is 6.92 Å². The fourth-order valence-electron chi connectivity index (χ4n) is 2.20. The molecule has 0 bridgehead atoms. The van der Waals surface area contributed by atoms with Crippen LogP contribution in [0.15, 0.2) is 0 Å². The molecule has 0 aromatic carbocycles. The normalized spacial score (nSPS) is 24.6. The smallest absolute Gasteiger partial charge is 0.236 e. The molecule has 0 N–H and O–H groups in total. The van der Waals surface area contributed by atoms with Crippen molar-refractivity contribution in [1.29, 1.82) is 5.26 Å². The SMILES string of the molecule is COC1CN(CC(=O)N(C)CCC#N)CCC1C. The lowest BCUT2D eigenvalue weighted by molar-refractivity contribution is -0.132. The summed E-state index contributed by atoms with van der Waals surface area (Å²) in [6.07, 6.45) is 1.67. The maximum Gasteiger partial charge on any atom is 0.236 e. The van der Waals surface area contributed by atoms with Crippen molar-refractivity contribution in [2.75, 3.05) is 40.3 Å². The molecule has 1 aliphatic heterocycles. The molecule has 1 rings (SSSR count). The van der Waals surface area contributed by atoms with Gasteiger partial charge in [-0.05, 0) is 18.9 Å². The van der Waals surface area contributed by atoms with Gasteiger partial charge in [0.15, 0.2) is 0 Å². The van der Waals surface area contributed by atoms with Crippen LogP contribution in [0.2, 0.25) is 0 Å². The van der Waals surface area contributed by atoms with Crippen molar-refractivity contribution in [1.82, 2.24) is 9.80 Å². The van der Waals surface area contributed by atoms with Crippen LogP contribution in [0.4, 0.5) is 0 Å². The van der Waals surface area contributed by atoms with Crippen molar-refractivity contribution in [2.45, 2.75) is 25.9 Å². The minimum Gasteiger partial charge on any atom is -0.380 e. The molecule has 0 saturated carbocycles. The van der Waals surface area contributed by atoms with Crippen molar-refractivity contribution >= 4 is 5.91 Å². The van der Waals surface area contributed by atoms with E-state index in [4.69, 9.17) is 10.00 Å². The van der Waals surface area contributed by atoms with Crippen LogP contribution in [-0.2, 0) is 9.53 Å². The average Bonchev–Trinajstić information content (AvgIpc) is 2.37. The molecule has 1 aliphatic rings. The van der Waals surface area contributed by atoms with Crippen molar-refractivity contribution in [3.63, 3.8) is 0 Å². The highest BCUT2D eigenvalue weighted by Gasteiger charge is 2.27. The lowest BCUT2D eigenvalue weighted by Gasteiger charge is -2.36. The number of nitrogens with zero attached hydrogens (tertiary/aromatic N) is 3. The number of hydrogen-bond acceptors (Lipinski definition) is 4. The third-order valence-corrected chi connectivity index (χ3v) is 3.62. The Morgan fingerprint density at radius 2 is 2.33 bits per heavy atom. The van der Waals surface area contributed by atoms with E-state index in [1.54, 1.807) is 19.1 Å². The maximum atomic E-state index is 11.9. The van der Waals surface area contributed by atoms with Crippen LogP contribution in [0.5, 0.6) is 0 Å². The molecule has 0 aromatic heterocycles. The van der Waals surface area contributed by atoms with Gasteiger partial charge in [-0.2, -0.15) is 5.26 Å². The van der Waals surface area contributed by atoms with Gasteiger partial charge in [0.1, 0.15) is 0 Å². The van der Waals surface area contributed by atoms with E-state index in [2.05, 4.69) is 17.9 Å². The highest BCUT2D eigenvalue weighted by atomic mass is 16.5. The van der Waals surface area contributed by atoms with Gasteiger partial charge in [-0.15, -0.1) is 0 Å². The molecule has 0 spiro atoms. The summed E-state index contributed by atoms with van der Waals surface area (Å²) < 4.78 is 5.43. The van der Waals surface area contributed by atoms with E-state index in [-0.39, 0.29) is 12.0 Å². The number of hydrogen-bond donors (Lipinski definition) is 0. The summed E-state index contributed by atoms with van der Waals surface area (Å²) in [6.45, 7) is 4.88. The fraction of sp³-hybridized carbons (Fsp3) is 0.846. The first-order valence-electron chi connectivity index (χ1n) is 6.44. The molecule has 18 heavy (non-hydrogen) atoms. The largest absolute Gasteiger partial charge is 0.380 e. The highest BCUT2D eigenvalue weighted by Crippen LogP contribution is 2.19. The number of amides is 1. The van der Waals surface area contributed by atoms with E-state index < -0.39 is 0 Å². The topological polar surface area (TPSA) is 56.6 Å². The molecule has 5 heteroatoms. The summed E-state index contributed by atoms with van der Waals surface area (Å²) in [6, 6.07) is 2.05. The quantitative estimate of drug-likeness (QED) is 0.724. The van der Waals surface area contributed by atoms with Crippen LogP contribution in [-0.4, -0.2) is 62.1 Å². The second kappa shape index (κ2) is 7.34. The van der Waals surface area contributed by atoms with Gasteiger partial charge in [-0.3, -0.25) is 9.69 Å². The fourth-order valence-corrected chi connectivity index (χ4v) is 2.20. The number of piperidine rings is 1. The van der Waals surface area contributed by atoms with E-state index in [1.807, 2.05) is 0 Å². The zero-order valence-corrected chi connectivity index (χ0v) is 11.6. The maximum absolute atomic E-state index is 11.9. The summed E-state index contributed by atoms with van der Waals surface area (Å²) in [7, 11) is 3.48. The third-order valence-electron chi connectivity index (χ3n) is 3.62. The van der Waals surface area contributed by atoms with Crippen LogP contribution < -0.4 is 0 Å². The van der Waals surface area contributed by atoms with Gasteiger partial charge < -0.3 is 9.64 Å². The standard InChI is InChI=1S/C13H23N3O2/c1-11-5-8-16(9-12(11)18-3)10-13(17)15(2)7-4-6-14/h11-12H,4-5,7-10H2,1-3H3. The number of ether oxygens (including phenoxy) is 1. The van der Waals surface area contributed by atoms with Crippen LogP contribution in [0, 0.1) is 17.2 Å². The Morgan fingerprint density at radius 1 is 1.61 bits per heavy atom. The summed E-state index contributed by atoms with van der Waals surface area (Å²) in [4.78, 5) is 15.7. The molecule has 102 valence electrons. The summed E-state index contributed by atoms with van der Waals surface area (Å²) >= 11 is 0. The average molecular weight is 253 g/mol. The number of carbonyl (C=O) groups is 1. The first-order valence-corrected chi connectivity index (χ1v) is 6.44. The molecular formula is C13H23N3O2. The van der Waals surface area contributed by atoms with Crippen LogP contribution in [0.3, 0.4) is 0 Å². The number of methoxy groups -OCH3 is 1. The molecule has 0 aromatic rings. The monoisotopic (exact) mass is 253 g/mol. The third kappa shape index (κ3) is 4.28. The molecule has 1 saturated heterocycles. The minimum absolute atomic E-state index is 0.0784. The van der Waals surface area contributed by atoms with Crippen molar-refractivity contribution in [3.05, 3.63) is 0 Å². The number of nitriles is 1. The molecule has 2 atom stereocenters. The molecule has 5 nitrogen and oxygen atoms in total. The Hall–Kier alpha value is -1.12. The Bertz CT molecular complexity index is 314. The van der Waals surface area contributed by atoms with Gasteiger partial charge in [0.25, 0.3) is 0 Å². The zero-order valence-electron chi connectivity index (χ0n) is 11.6. The van der Waals surface area contributed by atoms with E-state index in [1.165, 1.54) is 0 Å². The van der Waals surface area contributed by atoms with Crippen LogP contribution in [0.1, 0.15) is 19.8 Å². The molecule has 0 aliphatic carbocycles. The number of carbonyl (C=O) groups excluding carboxylic acids is 1. The van der Waals surface area contributed by atoms with Crippen LogP contribution in [0.25, 0.3) is 0 Å².